The maximum atomic E-state index is 14.6. The lowest BCUT2D eigenvalue weighted by atomic mass is 9.77. The molecule has 2 aromatic heterocycles. The van der Waals surface area contributed by atoms with Gasteiger partial charge in [0.2, 0.25) is 52.8 Å². The third kappa shape index (κ3) is 29.9. The van der Waals surface area contributed by atoms with E-state index in [1.165, 1.54) is 45.8 Å². The topological polar surface area (TPSA) is 445 Å². The van der Waals surface area contributed by atoms with Gasteiger partial charge in [-0.3, -0.25) is 57.5 Å². The predicted molar refractivity (Wildman–Crippen MR) is 538 cm³/mol. The largest absolute Gasteiger partial charge is 0.370 e. The van der Waals surface area contributed by atoms with Gasteiger partial charge in [-0.25, -0.2) is 24.4 Å². The third-order valence-electron chi connectivity index (χ3n) is 28.4. The van der Waals surface area contributed by atoms with E-state index < -0.39 is 165 Å². The first-order chi connectivity index (χ1) is 65.2. The molecule has 4 aliphatic heterocycles. The number of Topliss-reactive ketones (excluding diaryl/α,β-unsaturated/α-hetero) is 3. The molecular weight excluding hydrogens is 1810 g/mol. The summed E-state index contributed by atoms with van der Waals surface area (Å²) in [5.74, 6) is -4.91. The van der Waals surface area contributed by atoms with Crippen LogP contribution in [0.2, 0.25) is 0 Å². The summed E-state index contributed by atoms with van der Waals surface area (Å²) in [7, 11) is 0. The first kappa shape index (κ1) is 114. The summed E-state index contributed by atoms with van der Waals surface area (Å²) in [6.07, 6.45) is 22.8. The number of amides is 15. The molecule has 1 aromatic carbocycles. The van der Waals surface area contributed by atoms with Crippen molar-refractivity contribution in [2.45, 2.75) is 332 Å². The van der Waals surface area contributed by atoms with Gasteiger partial charge < -0.3 is 83.2 Å². The number of carbonyl (C=O) groups excluding carboxylic acids is 15. The maximum absolute atomic E-state index is 14.6. The molecule has 3 saturated carbocycles. The zero-order chi connectivity index (χ0) is 103. The molecule has 35 heteroatoms. The molecule has 0 radical (unpaired) electrons. The van der Waals surface area contributed by atoms with Crippen LogP contribution in [0.5, 0.6) is 0 Å². The first-order valence-electron chi connectivity index (χ1n) is 49.4. The van der Waals surface area contributed by atoms with Crippen molar-refractivity contribution < 1.29 is 76.7 Å². The summed E-state index contributed by atoms with van der Waals surface area (Å²) >= 11 is 3.06. The Morgan fingerprint density at radius 3 is 1.27 bits per heavy atom. The molecule has 139 heavy (non-hydrogen) atoms. The Morgan fingerprint density at radius 1 is 0.511 bits per heavy atom. The van der Waals surface area contributed by atoms with Crippen LogP contribution < -0.4 is 63.8 Å². The van der Waals surface area contributed by atoms with E-state index in [0.717, 1.165) is 54.1 Å². The molecule has 33 nitrogen and oxygen atoms in total. The number of carbonyl (C=O) groups is 15. The Balaban J connectivity index is 0.000000256. The van der Waals surface area contributed by atoms with Crippen LogP contribution in [0, 0.1) is 80.8 Å². The van der Waals surface area contributed by atoms with Crippen molar-refractivity contribution in [1.29, 1.82) is 0 Å². The lowest BCUT2D eigenvalue weighted by molar-refractivity contribution is -0.145. The van der Waals surface area contributed by atoms with Crippen LogP contribution in [0.3, 0.4) is 0 Å². The van der Waals surface area contributed by atoms with Crippen LogP contribution in [0.1, 0.15) is 244 Å². The number of thiazole rings is 2. The van der Waals surface area contributed by atoms with Gasteiger partial charge in [-0.1, -0.05) is 219 Å². The van der Waals surface area contributed by atoms with E-state index in [1.807, 2.05) is 147 Å². The molecule has 0 spiro atoms. The van der Waals surface area contributed by atoms with Crippen LogP contribution in [-0.4, -0.2) is 236 Å². The molecule has 3 aliphatic carbocycles. The number of piperidine rings is 2. The van der Waals surface area contributed by atoms with Gasteiger partial charge in [-0.05, 0) is 127 Å². The summed E-state index contributed by atoms with van der Waals surface area (Å²) in [6, 6.07) is -0.295. The molecule has 3 unspecified atom stereocenters. The number of nitrogens with one attached hydrogen (secondary N) is 12. The number of aromatic nitrogens is 2. The summed E-state index contributed by atoms with van der Waals surface area (Å²) in [4.78, 5) is 215. The minimum atomic E-state index is -1.19. The van der Waals surface area contributed by atoms with Crippen LogP contribution >= 0.6 is 22.7 Å². The molecule has 7 fully saturated rings. The number of benzene rings is 1. The Hall–Kier alpha value is -10.7. The molecule has 0 bridgehead atoms. The number of nitrogens with zero attached hydrogens (tertiary/aromatic N) is 5. The summed E-state index contributed by atoms with van der Waals surface area (Å²) in [5, 5.41) is 39.6. The fourth-order valence-corrected chi connectivity index (χ4v) is 21.6. The monoisotopic (exact) mass is 1960 g/mol. The standard InChI is InChI=1S/C39H55N5O6.C33H52N6O5S.C32H50N6O5S/c1-8-10-19-28(31(45)34(47)40-22-9-2)41-33(46)30-27-24-38(6,7)50-29(27)25-44(30)35(48)32(37(3,4)5)42-36(49)43-39(20-15-12-16-21-39)23-26-17-13-11-14-18-26;1-10-12-13-21(26(40)29(42)35-14-11-2)36-28(41)25-24-20(33(24,8)9)18-39(25)30(43)27(32(5,6)7)38-31(44)37-22(19(3)4)17-23-34-15-16-45-23;1-10-12-20(25(39)28(41)34-13-11-2)35-27(40)24-23-19(32(23,8)9)17-38(24)29(42)26(31(5,6)7)37-30(43)36-21(18(3)4)16-22-33-14-15-44-22/h1,9,11,13-14,17-18,27-30,32H,2,10,12,15-16,19-25H2,3-7H3,(H,40,47)(H,41,46)(H2,42,43,49);11,15-16,19-22,24-25,27H,2,10,12-14,17-18H2,1,3-9H3,(H,35,42)(H,36,41)(H2,37,38,44);11,14-15,18-21,23-24,26H,2,10,12-13,16-17H2,1,3-9H3,(H,34,41)(H,35,40)(H2,36,37,43)/t27-,28?,29-,30-,32+;20-,21?,22+,24-,25-,27+;19-,20?,21+,23-,24-,26+/m000/s1. The van der Waals surface area contributed by atoms with E-state index >= 15 is 0 Å². The Kier molecular flexibility index (Phi) is 40.1. The van der Waals surface area contributed by atoms with Gasteiger partial charge >= 0.3 is 18.1 Å². The quantitative estimate of drug-likeness (QED) is 0.0142. The number of ether oxygens (including phenoxy) is 1. The van der Waals surface area contributed by atoms with Gasteiger partial charge in [-0.2, -0.15) is 0 Å². The number of ketones is 3. The zero-order valence-electron chi connectivity index (χ0n) is 85.7. The molecule has 12 N–H and O–H groups in total. The number of fused-ring (bicyclic) bond motifs is 3. The van der Waals surface area contributed by atoms with Crippen molar-refractivity contribution in [3.8, 4) is 12.3 Å². The highest BCUT2D eigenvalue weighted by molar-refractivity contribution is 7.09. The van der Waals surface area contributed by atoms with E-state index in [4.69, 9.17) is 11.2 Å². The smallest absolute Gasteiger partial charge is 0.315 e. The SMILES string of the molecule is C#CCCC(NC(=O)[C@@H]1[C@H]2CC(C)(C)O[C@H]2CN1C(=O)[C@@H](NC(=O)NC1(Cc2ccccc2)CCCCC1)C(C)(C)C)C(=O)C(=O)NCC=C.C=CCNC(=O)C(=O)C(CCC)NC(=O)[C@@H]1[C@@H]2[C@H](CN1C(=O)[C@@H](NC(=O)N[C@H](Cc1nccs1)C(C)C)C(C)(C)C)C2(C)C.C=CCNC(=O)C(=O)C(CCCC)NC(=O)[C@@H]1[C@@H]2[C@H](CN1C(=O)[C@@H](NC(=O)N[C@H](Cc1nccs1)C(C)C)C(C)(C)C)C2(C)C. The van der Waals surface area contributed by atoms with Crippen LogP contribution in [0.25, 0.3) is 0 Å². The van der Waals surface area contributed by atoms with Crippen molar-refractivity contribution >= 4 is 111 Å². The number of hydrogen-bond acceptors (Lipinski definition) is 20. The first-order valence-corrected chi connectivity index (χ1v) is 51.2. The maximum Gasteiger partial charge on any atom is 0.315 e. The van der Waals surface area contributed by atoms with Crippen molar-refractivity contribution in [1.82, 2.24) is 88.5 Å². The lowest BCUT2D eigenvalue weighted by Gasteiger charge is -2.40. The average molecular weight is 1970 g/mol. The number of hydrogen-bond donors (Lipinski definition) is 12. The van der Waals surface area contributed by atoms with Gasteiger partial charge in [0.05, 0.1) is 39.8 Å². The highest BCUT2D eigenvalue weighted by Crippen LogP contribution is 2.66. The Labute approximate surface area is 830 Å². The lowest BCUT2D eigenvalue weighted by Crippen LogP contribution is -2.63. The third-order valence-corrected chi connectivity index (χ3v) is 30.0. The van der Waals surface area contributed by atoms with Gasteiger partial charge in [0.1, 0.15) is 36.3 Å². The molecule has 17 atom stereocenters. The highest BCUT2D eigenvalue weighted by Gasteiger charge is 2.72. The summed E-state index contributed by atoms with van der Waals surface area (Å²) in [5.41, 5.74) is -2.21. The molecule has 766 valence electrons. The Bertz CT molecular complexity index is 4870. The minimum absolute atomic E-state index is 0.0520. The average Bonchev–Trinajstić information content (AvgIpc) is 1.53. The van der Waals surface area contributed by atoms with Crippen molar-refractivity contribution in [2.24, 2.45) is 68.5 Å². The number of unbranched alkanes of at least 4 members (excludes halogenated alkanes) is 1. The van der Waals surface area contributed by atoms with Crippen molar-refractivity contribution in [3.63, 3.8) is 0 Å². The number of terminal acetylenes is 1. The summed E-state index contributed by atoms with van der Waals surface area (Å²) < 4.78 is 6.31. The number of urea groups is 3. The van der Waals surface area contributed by atoms with Gasteiger partial charge in [0, 0.05) is 105 Å². The fraction of sp³-hybridized carbons (Fsp3) is 0.663. The van der Waals surface area contributed by atoms with E-state index in [2.05, 4.69) is 139 Å². The van der Waals surface area contributed by atoms with Crippen molar-refractivity contribution in [2.75, 3.05) is 39.3 Å². The van der Waals surface area contributed by atoms with Crippen LogP contribution in [-0.2, 0) is 81.5 Å². The second-order valence-corrected chi connectivity index (χ2v) is 46.1. The summed E-state index contributed by atoms with van der Waals surface area (Å²) in [6.45, 7) is 52.9. The molecule has 7 aliphatic rings. The van der Waals surface area contributed by atoms with Crippen molar-refractivity contribution in [3.05, 3.63) is 107 Å². The number of rotatable bonds is 42. The molecule has 6 heterocycles. The molecule has 15 amide bonds. The highest BCUT2D eigenvalue weighted by atomic mass is 32.1. The van der Waals surface area contributed by atoms with E-state index in [9.17, 15) is 71.9 Å². The van der Waals surface area contributed by atoms with Gasteiger partial charge in [-0.15, -0.1) is 54.8 Å². The fourth-order valence-electron chi connectivity index (χ4n) is 20.3. The molecule has 4 saturated heterocycles. The van der Waals surface area contributed by atoms with Crippen LogP contribution in [0.15, 0.2) is 91.5 Å². The van der Waals surface area contributed by atoms with E-state index in [0.29, 0.717) is 58.0 Å². The second-order valence-electron chi connectivity index (χ2n) is 44.1. The second kappa shape index (κ2) is 49.1. The molecule has 10 rings (SSSR count). The van der Waals surface area contributed by atoms with E-state index in [1.54, 1.807) is 22.2 Å². The Morgan fingerprint density at radius 2 is 0.899 bits per heavy atom. The predicted octanol–water partition coefficient (Wildman–Crippen LogP) is 10.3. The zero-order valence-corrected chi connectivity index (χ0v) is 87.4. The van der Waals surface area contributed by atoms with Gasteiger partial charge in [0.25, 0.3) is 17.7 Å². The minimum Gasteiger partial charge on any atom is -0.370 e. The van der Waals surface area contributed by atoms with Crippen LogP contribution in [0.4, 0.5) is 14.4 Å². The molecular formula is C104H157N17O16S2. The molecule has 3 aromatic rings. The normalized spacial score (nSPS) is 22.6. The van der Waals surface area contributed by atoms with Gasteiger partial charge in [0.15, 0.2) is 0 Å². The van der Waals surface area contributed by atoms with E-state index in [-0.39, 0.29) is 122 Å². The number of likely N-dealkylation sites (tertiary alicyclic amines) is 3.